The number of pyridine rings is 1. The molecule has 0 bridgehead atoms. The van der Waals surface area contributed by atoms with Crippen LogP contribution in [0.25, 0.3) is 0 Å². The van der Waals surface area contributed by atoms with Gasteiger partial charge in [0.25, 0.3) is 0 Å². The van der Waals surface area contributed by atoms with E-state index in [-0.39, 0.29) is 21.4 Å². The molecule has 0 spiro atoms. The van der Waals surface area contributed by atoms with Crippen molar-refractivity contribution in [2.75, 3.05) is 0 Å². The molecule has 0 aliphatic carbocycles. The number of carboxylic acids is 1. The topological polar surface area (TPSA) is 50.2 Å². The first-order valence-corrected chi connectivity index (χ1v) is 5.61. The van der Waals surface area contributed by atoms with E-state index in [2.05, 4.69) is 4.98 Å². The van der Waals surface area contributed by atoms with Crippen LogP contribution >= 0.6 is 0 Å². The number of carboxylic acid groups (broad SMARTS) is 1. The zero-order valence-electron chi connectivity index (χ0n) is 6.43. The van der Waals surface area contributed by atoms with Gasteiger partial charge in [-0.15, -0.1) is 0 Å². The molecule has 0 saturated heterocycles. The summed E-state index contributed by atoms with van der Waals surface area (Å²) in [5, 5.41) is 9.10. The van der Waals surface area contributed by atoms with Crippen LogP contribution < -0.4 is 4.59 Å². The van der Waals surface area contributed by atoms with Gasteiger partial charge in [-0.1, -0.05) is 0 Å². The van der Waals surface area contributed by atoms with Crippen molar-refractivity contribution in [2.45, 2.75) is 11.7 Å². The molecule has 0 amide bonds. The maximum absolute atomic E-state index is 10.2. The molecule has 0 atom stereocenters. The van der Waals surface area contributed by atoms with Gasteiger partial charge in [-0.25, -0.2) is 0 Å². The predicted molar refractivity (Wildman–Crippen MR) is 46.7 cm³/mol. The van der Waals surface area contributed by atoms with E-state index in [1.54, 1.807) is 6.20 Å². The van der Waals surface area contributed by atoms with Gasteiger partial charge in [0, 0.05) is 0 Å². The molecule has 1 aromatic rings. The van der Waals surface area contributed by atoms with E-state index in [1.165, 1.54) is 0 Å². The second kappa shape index (κ2) is 4.91. The zero-order chi connectivity index (χ0) is 8.81. The summed E-state index contributed by atoms with van der Waals surface area (Å²) in [6.07, 6.45) is 1.98. The van der Waals surface area contributed by atoms with Crippen LogP contribution in [0.1, 0.15) is 6.42 Å². The SMILES string of the molecule is O=C(O)CC[Se]c1ccccn1. The summed E-state index contributed by atoms with van der Waals surface area (Å²) in [5.74, 6) is -0.729. The Morgan fingerprint density at radius 3 is 3.00 bits per heavy atom. The molecule has 0 radical (unpaired) electrons. The van der Waals surface area contributed by atoms with Gasteiger partial charge < -0.3 is 0 Å². The summed E-state index contributed by atoms with van der Waals surface area (Å²) in [4.78, 5) is 14.3. The van der Waals surface area contributed by atoms with Crippen LogP contribution in [-0.4, -0.2) is 31.0 Å². The molecule has 1 aromatic heterocycles. The molecule has 0 unspecified atom stereocenters. The van der Waals surface area contributed by atoms with Crippen molar-refractivity contribution < 1.29 is 9.90 Å². The molecule has 0 saturated carbocycles. The van der Waals surface area contributed by atoms with Crippen molar-refractivity contribution in [1.82, 2.24) is 4.98 Å². The number of hydrogen-bond donors (Lipinski definition) is 1. The molecule has 0 aromatic carbocycles. The van der Waals surface area contributed by atoms with Gasteiger partial charge in [-0.05, 0) is 0 Å². The first kappa shape index (κ1) is 9.23. The molecule has 0 fully saturated rings. The second-order valence-electron chi connectivity index (χ2n) is 2.16. The molecular weight excluding hydrogens is 221 g/mol. The zero-order valence-corrected chi connectivity index (χ0v) is 8.15. The molecule has 1 N–H and O–H groups in total. The third kappa shape index (κ3) is 3.51. The van der Waals surface area contributed by atoms with Crippen molar-refractivity contribution in [3.05, 3.63) is 24.4 Å². The fraction of sp³-hybridized carbons (Fsp3) is 0.250. The van der Waals surface area contributed by atoms with Crippen LogP contribution in [0.5, 0.6) is 0 Å². The number of hydrogen-bond acceptors (Lipinski definition) is 2. The summed E-state index contributed by atoms with van der Waals surface area (Å²) in [7, 11) is 0. The molecule has 1 rings (SSSR count). The Balaban J connectivity index is 2.29. The summed E-state index contributed by atoms with van der Waals surface area (Å²) >= 11 is 0.208. The van der Waals surface area contributed by atoms with E-state index in [4.69, 9.17) is 5.11 Å². The number of aliphatic carboxylic acids is 1. The van der Waals surface area contributed by atoms with Crippen molar-refractivity contribution in [3.63, 3.8) is 0 Å². The van der Waals surface area contributed by atoms with Crippen molar-refractivity contribution in [3.8, 4) is 0 Å². The first-order valence-electron chi connectivity index (χ1n) is 3.54. The summed E-state index contributed by atoms with van der Waals surface area (Å²) in [5.41, 5.74) is 0. The summed E-state index contributed by atoms with van der Waals surface area (Å²) in [6.45, 7) is 0. The van der Waals surface area contributed by atoms with Crippen molar-refractivity contribution in [1.29, 1.82) is 0 Å². The molecule has 0 aliphatic heterocycles. The van der Waals surface area contributed by atoms with E-state index < -0.39 is 5.97 Å². The van der Waals surface area contributed by atoms with E-state index in [9.17, 15) is 4.79 Å². The van der Waals surface area contributed by atoms with Crippen LogP contribution in [0, 0.1) is 0 Å². The summed E-state index contributed by atoms with van der Waals surface area (Å²) in [6, 6.07) is 5.71. The molecule has 12 heavy (non-hydrogen) atoms. The third-order valence-electron chi connectivity index (χ3n) is 1.20. The standard InChI is InChI=1S/C8H9NO2Se/c10-8(11)4-6-12-7-3-1-2-5-9-7/h1-3,5H,4,6H2,(H,10,11). The fourth-order valence-corrected chi connectivity index (χ4v) is 2.35. The Hall–Kier alpha value is -0.861. The quantitative estimate of drug-likeness (QED) is 0.757. The molecule has 64 valence electrons. The summed E-state index contributed by atoms with van der Waals surface area (Å²) < 4.78 is 1.02. The third-order valence-corrected chi connectivity index (χ3v) is 3.19. The first-order chi connectivity index (χ1) is 5.79. The Kier molecular flexibility index (Phi) is 3.77. The Bertz CT molecular complexity index is 250. The number of rotatable bonds is 4. The van der Waals surface area contributed by atoms with Crippen molar-refractivity contribution in [2.24, 2.45) is 0 Å². The number of carbonyl (C=O) groups is 1. The van der Waals surface area contributed by atoms with E-state index in [0.717, 1.165) is 9.91 Å². The van der Waals surface area contributed by atoms with E-state index >= 15 is 0 Å². The molecule has 1 heterocycles. The molecule has 4 heteroatoms. The Labute approximate surface area is 77.0 Å². The van der Waals surface area contributed by atoms with Crippen LogP contribution in [0.15, 0.2) is 24.4 Å². The van der Waals surface area contributed by atoms with Crippen molar-refractivity contribution >= 4 is 25.5 Å². The second-order valence-corrected chi connectivity index (χ2v) is 4.50. The van der Waals surface area contributed by atoms with Gasteiger partial charge >= 0.3 is 76.5 Å². The predicted octanol–water partition coefficient (Wildman–Crippen LogP) is 0.304. The minimum absolute atomic E-state index is 0.208. The van der Waals surface area contributed by atoms with E-state index in [1.807, 2.05) is 18.2 Å². The monoisotopic (exact) mass is 231 g/mol. The minimum atomic E-state index is -0.729. The average Bonchev–Trinajstić information content (AvgIpc) is 2.05. The van der Waals surface area contributed by atoms with Gasteiger partial charge in [-0.3, -0.25) is 0 Å². The van der Waals surface area contributed by atoms with Gasteiger partial charge in [0.1, 0.15) is 0 Å². The van der Waals surface area contributed by atoms with Gasteiger partial charge in [0.2, 0.25) is 0 Å². The normalized spacial score (nSPS) is 9.67. The van der Waals surface area contributed by atoms with Gasteiger partial charge in [0.05, 0.1) is 0 Å². The van der Waals surface area contributed by atoms with Crippen LogP contribution in [0.2, 0.25) is 5.32 Å². The van der Waals surface area contributed by atoms with Gasteiger partial charge in [-0.2, -0.15) is 0 Å². The fourth-order valence-electron chi connectivity index (χ4n) is 0.675. The Morgan fingerprint density at radius 1 is 1.58 bits per heavy atom. The van der Waals surface area contributed by atoms with Crippen LogP contribution in [0.4, 0.5) is 0 Å². The van der Waals surface area contributed by atoms with Gasteiger partial charge in [0.15, 0.2) is 0 Å². The number of nitrogens with zero attached hydrogens (tertiary/aromatic N) is 1. The average molecular weight is 230 g/mol. The van der Waals surface area contributed by atoms with Crippen LogP contribution in [0.3, 0.4) is 0 Å². The maximum atomic E-state index is 10.2. The van der Waals surface area contributed by atoms with E-state index in [0.29, 0.717) is 0 Å². The molecular formula is C8H9NO2Se. The molecule has 0 aliphatic rings. The van der Waals surface area contributed by atoms with Crippen LogP contribution in [-0.2, 0) is 4.79 Å². The Morgan fingerprint density at radius 2 is 2.42 bits per heavy atom. The number of aromatic nitrogens is 1. The molecule has 3 nitrogen and oxygen atoms in total.